The fourth-order valence-corrected chi connectivity index (χ4v) is 0.141. The Morgan fingerprint density at radius 1 is 2.00 bits per heavy atom. The molecule has 0 saturated heterocycles. The third kappa shape index (κ3) is 3.47. The van der Waals surface area contributed by atoms with Crippen molar-refractivity contribution < 1.29 is 4.55 Å². The molecular weight excluding hydrogens is 100 g/mol. The van der Waals surface area contributed by atoms with Crippen molar-refractivity contribution in [3.63, 3.8) is 0 Å². The van der Waals surface area contributed by atoms with Crippen LogP contribution in [0, 0.1) is 11.5 Å². The van der Waals surface area contributed by atoms with E-state index in [0.29, 0.717) is 12.0 Å². The fraction of sp³-hybridized carbons (Fsp3) is 0. The average Bonchev–Trinajstić information content (AvgIpc) is 1.61. The third-order valence-corrected chi connectivity index (χ3v) is 0.357. The Kier molecular flexibility index (Phi) is 4.08. The van der Waals surface area contributed by atoms with Crippen molar-refractivity contribution >= 4 is 17.6 Å². The highest BCUT2D eigenvalue weighted by atomic mass is 32.2. The summed E-state index contributed by atoms with van der Waals surface area (Å²) in [5, 5.41) is 7.62. The Hall–Kier alpha value is -0.530. The normalized spacial score (nSPS) is 8.67. The Balaban J connectivity index is 3.02. The van der Waals surface area contributed by atoms with E-state index < -0.39 is 0 Å². The summed E-state index contributed by atoms with van der Waals surface area (Å²) in [4.78, 5) is 2.98. The van der Waals surface area contributed by atoms with Gasteiger partial charge in [0.15, 0.2) is 0 Å². The summed E-state index contributed by atoms with van der Waals surface area (Å²) in [7, 11) is 0. The van der Waals surface area contributed by atoms with Crippen LogP contribution in [0.25, 0.3) is 0 Å². The second kappa shape index (κ2) is 4.47. The predicted molar refractivity (Wildman–Crippen MR) is 24.3 cm³/mol. The maximum absolute atomic E-state index is 7.81. The zero-order valence-corrected chi connectivity index (χ0v) is 3.64. The maximum atomic E-state index is 7.81. The lowest BCUT2D eigenvalue weighted by Gasteiger charge is -1.62. The number of nitriles is 1. The van der Waals surface area contributed by atoms with Gasteiger partial charge in [-0.25, -0.2) is 0 Å². The minimum Gasteiger partial charge on any atom is -0.325 e. The standard InChI is InChI=1S/C2H2N2OS/c3-1-4-2-6-5/h2,5H. The van der Waals surface area contributed by atoms with Crippen molar-refractivity contribution in [1.82, 2.24) is 0 Å². The fourth-order valence-electron chi connectivity index (χ4n) is 0.0471. The quantitative estimate of drug-likeness (QED) is 0.229. The minimum atomic E-state index is 0.412. The van der Waals surface area contributed by atoms with Crippen molar-refractivity contribution in [1.29, 1.82) is 5.26 Å². The van der Waals surface area contributed by atoms with Crippen molar-refractivity contribution in [3.05, 3.63) is 0 Å². The lowest BCUT2D eigenvalue weighted by molar-refractivity contribution is 0.674. The molecule has 3 nitrogen and oxygen atoms in total. The molecule has 0 aromatic carbocycles. The first-order valence-corrected chi connectivity index (χ1v) is 1.96. The van der Waals surface area contributed by atoms with Crippen molar-refractivity contribution in [3.8, 4) is 6.19 Å². The van der Waals surface area contributed by atoms with Crippen LogP contribution in [0.1, 0.15) is 0 Å². The Morgan fingerprint density at radius 2 is 2.67 bits per heavy atom. The molecule has 0 aromatic heterocycles. The molecule has 0 aliphatic carbocycles. The Bertz CT molecular complexity index is 84.0. The summed E-state index contributed by atoms with van der Waals surface area (Å²) in [6.45, 7) is 0. The van der Waals surface area contributed by atoms with Gasteiger partial charge in [-0.1, -0.05) is 0 Å². The highest BCUT2D eigenvalue weighted by molar-refractivity contribution is 8.07. The minimum absolute atomic E-state index is 0.412. The van der Waals surface area contributed by atoms with Gasteiger partial charge in [0.05, 0.1) is 5.55 Å². The molecule has 0 aliphatic rings. The van der Waals surface area contributed by atoms with Crippen LogP contribution >= 0.6 is 12.0 Å². The molecule has 1 N–H and O–H groups in total. The molecule has 0 aromatic rings. The third-order valence-electron chi connectivity index (χ3n) is 0.158. The van der Waals surface area contributed by atoms with E-state index in [1.807, 2.05) is 0 Å². The van der Waals surface area contributed by atoms with Gasteiger partial charge < -0.3 is 4.55 Å². The molecule has 0 atom stereocenters. The number of rotatable bonds is 1. The van der Waals surface area contributed by atoms with Gasteiger partial charge in [0.1, 0.15) is 0 Å². The monoisotopic (exact) mass is 102 g/mol. The van der Waals surface area contributed by atoms with Crippen molar-refractivity contribution in [2.24, 2.45) is 4.99 Å². The summed E-state index contributed by atoms with van der Waals surface area (Å²) in [6.07, 6.45) is 1.46. The van der Waals surface area contributed by atoms with Crippen LogP contribution in [0.15, 0.2) is 4.99 Å². The van der Waals surface area contributed by atoms with Crippen LogP contribution in [0.5, 0.6) is 0 Å². The van der Waals surface area contributed by atoms with Crippen LogP contribution < -0.4 is 0 Å². The number of nitrogens with zero attached hydrogens (tertiary/aromatic N) is 2. The van der Waals surface area contributed by atoms with Crippen LogP contribution in [-0.2, 0) is 0 Å². The second-order valence-electron chi connectivity index (χ2n) is 0.440. The highest BCUT2D eigenvalue weighted by Crippen LogP contribution is 1.78. The molecule has 0 unspecified atom stereocenters. The molecule has 0 rings (SSSR count). The van der Waals surface area contributed by atoms with Gasteiger partial charge in [0, 0.05) is 12.0 Å². The van der Waals surface area contributed by atoms with E-state index in [1.165, 1.54) is 6.19 Å². The second-order valence-corrected chi connectivity index (χ2v) is 0.862. The first-order valence-electron chi connectivity index (χ1n) is 1.12. The lowest BCUT2D eigenvalue weighted by atomic mass is 11.3. The zero-order valence-electron chi connectivity index (χ0n) is 2.83. The predicted octanol–water partition coefficient (Wildman–Crippen LogP) is 0.702. The van der Waals surface area contributed by atoms with Crippen LogP contribution in [-0.4, -0.2) is 10.1 Å². The number of hydrogen-bond acceptors (Lipinski definition) is 4. The SMILES string of the molecule is N#CN=CSO. The van der Waals surface area contributed by atoms with Gasteiger partial charge in [0.25, 0.3) is 0 Å². The molecule has 0 radical (unpaired) electrons. The van der Waals surface area contributed by atoms with Gasteiger partial charge in [-0.3, -0.25) is 0 Å². The molecule has 0 heterocycles. The van der Waals surface area contributed by atoms with Gasteiger partial charge in [-0.05, 0) is 0 Å². The molecule has 4 heteroatoms. The van der Waals surface area contributed by atoms with E-state index in [-0.39, 0.29) is 0 Å². The van der Waals surface area contributed by atoms with E-state index in [1.54, 1.807) is 0 Å². The molecule has 32 valence electrons. The van der Waals surface area contributed by atoms with Crippen LogP contribution in [0.2, 0.25) is 0 Å². The first-order chi connectivity index (χ1) is 2.91. The molecule has 6 heavy (non-hydrogen) atoms. The first kappa shape index (κ1) is 5.47. The van der Waals surface area contributed by atoms with E-state index >= 15 is 0 Å². The summed E-state index contributed by atoms with van der Waals surface area (Å²) in [5.41, 5.74) is 1.04. The molecule has 0 saturated carbocycles. The molecule has 0 fully saturated rings. The summed E-state index contributed by atoms with van der Waals surface area (Å²) in [6, 6.07) is 0. The Labute approximate surface area is 39.5 Å². The van der Waals surface area contributed by atoms with Gasteiger partial charge in [-0.15, -0.1) is 0 Å². The molecule has 0 bridgehead atoms. The summed E-state index contributed by atoms with van der Waals surface area (Å²) < 4.78 is 7.81. The number of hydrogen-bond donors (Lipinski definition) is 1. The summed E-state index contributed by atoms with van der Waals surface area (Å²) >= 11 is 0.412. The lowest BCUT2D eigenvalue weighted by Crippen LogP contribution is -1.53. The largest absolute Gasteiger partial charge is 0.325 e. The maximum Gasteiger partial charge on any atom is 0.206 e. The van der Waals surface area contributed by atoms with Gasteiger partial charge in [-0.2, -0.15) is 10.3 Å². The van der Waals surface area contributed by atoms with Gasteiger partial charge >= 0.3 is 0 Å². The smallest absolute Gasteiger partial charge is 0.206 e. The number of aliphatic imine (C=N–C) groups is 1. The van der Waals surface area contributed by atoms with E-state index in [4.69, 9.17) is 9.81 Å². The molecular formula is C2H2N2OS. The highest BCUT2D eigenvalue weighted by Gasteiger charge is 1.60. The topological polar surface area (TPSA) is 56.4 Å². The molecule has 0 spiro atoms. The van der Waals surface area contributed by atoms with E-state index in [2.05, 4.69) is 4.99 Å². The molecule has 0 aliphatic heterocycles. The van der Waals surface area contributed by atoms with E-state index in [9.17, 15) is 0 Å². The van der Waals surface area contributed by atoms with E-state index in [0.717, 1.165) is 5.55 Å². The van der Waals surface area contributed by atoms with Crippen molar-refractivity contribution in [2.45, 2.75) is 0 Å². The van der Waals surface area contributed by atoms with Crippen LogP contribution in [0.3, 0.4) is 0 Å². The van der Waals surface area contributed by atoms with Crippen molar-refractivity contribution in [2.75, 3.05) is 0 Å². The van der Waals surface area contributed by atoms with Crippen LogP contribution in [0.4, 0.5) is 0 Å². The average molecular weight is 102 g/mol. The molecule has 0 amide bonds. The van der Waals surface area contributed by atoms with Gasteiger partial charge in [0.2, 0.25) is 6.19 Å². The Morgan fingerprint density at radius 3 is 2.83 bits per heavy atom. The summed E-state index contributed by atoms with van der Waals surface area (Å²) in [5.74, 6) is 0. The zero-order chi connectivity index (χ0) is 4.83.